The van der Waals surface area contributed by atoms with Crippen LogP contribution in [-0.4, -0.2) is 0 Å². The molecule has 1 aromatic carbocycles. The summed E-state index contributed by atoms with van der Waals surface area (Å²) in [7, 11) is 0. The van der Waals surface area contributed by atoms with Crippen molar-refractivity contribution in [2.24, 2.45) is 0 Å². The summed E-state index contributed by atoms with van der Waals surface area (Å²) in [6.45, 7) is 5.57. The van der Waals surface area contributed by atoms with E-state index in [9.17, 15) is 9.59 Å². The molecule has 11 heavy (non-hydrogen) atoms. The van der Waals surface area contributed by atoms with E-state index in [2.05, 4.69) is 6.07 Å². The molecule has 0 unspecified atom stereocenters. The van der Waals surface area contributed by atoms with Crippen LogP contribution in [-0.2, 0) is 0 Å². The molecule has 0 fully saturated rings. The van der Waals surface area contributed by atoms with Crippen LogP contribution in [0.3, 0.4) is 0 Å². The van der Waals surface area contributed by atoms with Crippen molar-refractivity contribution in [2.45, 2.75) is 20.8 Å². The first kappa shape index (κ1) is 13.7. The van der Waals surface area contributed by atoms with Crippen molar-refractivity contribution in [2.75, 3.05) is 0 Å². The minimum atomic E-state index is -0.488. The smallest absolute Gasteiger partial charge is 0.362 e. The zero-order valence-corrected chi connectivity index (χ0v) is 11.1. The van der Waals surface area contributed by atoms with E-state index < -0.39 is 5.43 Å². The molecule has 0 saturated carbocycles. The van der Waals surface area contributed by atoms with E-state index in [1.165, 1.54) is 0 Å². The van der Waals surface area contributed by atoms with Crippen LogP contribution in [0.1, 0.15) is 19.4 Å². The van der Waals surface area contributed by atoms with Gasteiger partial charge < -0.3 is 16.0 Å². The molecule has 0 bridgehead atoms. The van der Waals surface area contributed by atoms with E-state index in [0.717, 1.165) is 0 Å². The third-order valence-electron chi connectivity index (χ3n) is 0.848. The summed E-state index contributed by atoms with van der Waals surface area (Å²) in [6, 6.07) is 2.28. The predicted molar refractivity (Wildman–Crippen MR) is 40.6 cm³/mol. The Balaban J connectivity index is 0. The molecule has 0 spiro atoms. The zero-order chi connectivity index (χ0) is 8.15. The van der Waals surface area contributed by atoms with E-state index in [-0.39, 0.29) is 36.5 Å². The quantitative estimate of drug-likeness (QED) is 0.492. The van der Waals surface area contributed by atoms with Crippen LogP contribution in [0.2, 0.25) is 0 Å². The van der Waals surface area contributed by atoms with Gasteiger partial charge in [-0.15, -0.1) is 11.6 Å². The maximum absolute atomic E-state index is 10.1. The molecule has 0 N–H and O–H groups in total. The fourth-order valence-corrected chi connectivity index (χ4v) is 0.392. The minimum absolute atomic E-state index is 0. The van der Waals surface area contributed by atoms with Gasteiger partial charge in [0.15, 0.2) is 0 Å². The average molecular weight is 376 g/mol. The van der Waals surface area contributed by atoms with E-state index in [1.807, 2.05) is 20.3 Å². The SMILES string of the molecule is C[CH-]C.Cc1[c-]c(=O)c1=O.[U+2]. The van der Waals surface area contributed by atoms with Gasteiger partial charge >= 0.3 is 31.1 Å². The number of aryl methyl sites for hydroxylation is 1. The molecule has 0 aromatic heterocycles. The van der Waals surface area contributed by atoms with Gasteiger partial charge in [0.05, 0.1) is 0 Å². The Morgan fingerprint density at radius 3 is 1.64 bits per heavy atom. The summed E-state index contributed by atoms with van der Waals surface area (Å²) in [5.74, 6) is 0. The maximum atomic E-state index is 10.1. The molecule has 0 saturated heterocycles. The Hall–Kier alpha value is 0.132. The molecule has 0 aliphatic carbocycles. The molecule has 1 aromatic rings. The molecule has 0 heterocycles. The van der Waals surface area contributed by atoms with E-state index >= 15 is 0 Å². The van der Waals surface area contributed by atoms with Gasteiger partial charge in [0.2, 0.25) is 0 Å². The molecular formula is C8H10O2U. The Morgan fingerprint density at radius 1 is 1.27 bits per heavy atom. The minimum Gasteiger partial charge on any atom is -0.362 e. The van der Waals surface area contributed by atoms with E-state index in [0.29, 0.717) is 5.56 Å². The van der Waals surface area contributed by atoms with Gasteiger partial charge in [-0.1, -0.05) is 6.92 Å². The van der Waals surface area contributed by atoms with Crippen molar-refractivity contribution in [3.05, 3.63) is 38.5 Å². The summed E-state index contributed by atoms with van der Waals surface area (Å²) >= 11 is 0. The Labute approximate surface area is 90.1 Å². The van der Waals surface area contributed by atoms with Gasteiger partial charge in [-0.25, -0.2) is 0 Å². The monoisotopic (exact) mass is 376 g/mol. The van der Waals surface area contributed by atoms with Gasteiger partial charge in [-0.3, -0.25) is 0 Å². The van der Waals surface area contributed by atoms with Crippen molar-refractivity contribution in [1.29, 1.82) is 0 Å². The van der Waals surface area contributed by atoms with Gasteiger partial charge in [0.25, 0.3) is 0 Å². The fourth-order valence-electron chi connectivity index (χ4n) is 0.392. The molecule has 0 aliphatic heterocycles. The molecule has 0 amide bonds. The van der Waals surface area contributed by atoms with Crippen LogP contribution in [0.4, 0.5) is 0 Å². The van der Waals surface area contributed by atoms with Crippen LogP contribution >= 0.6 is 0 Å². The molecule has 0 aliphatic rings. The molecule has 0 atom stereocenters. The molecular weight excluding hydrogens is 366 g/mol. The maximum Gasteiger partial charge on any atom is 2.00 e. The molecule has 1 rings (SSSR count). The van der Waals surface area contributed by atoms with Crippen LogP contribution in [0.15, 0.2) is 9.59 Å². The van der Waals surface area contributed by atoms with Gasteiger partial charge in [0.1, 0.15) is 10.9 Å². The van der Waals surface area contributed by atoms with E-state index in [1.54, 1.807) is 6.92 Å². The molecule has 2 nitrogen and oxygen atoms in total. The van der Waals surface area contributed by atoms with Crippen molar-refractivity contribution < 1.29 is 31.1 Å². The normalized spacial score (nSPS) is 7.91. The Bertz CT molecular complexity index is 258. The van der Waals surface area contributed by atoms with Crippen molar-refractivity contribution in [3.8, 4) is 0 Å². The van der Waals surface area contributed by atoms with Crippen LogP contribution in [0, 0.1) is 50.5 Å². The summed E-state index contributed by atoms with van der Waals surface area (Å²) < 4.78 is 0. The first-order chi connectivity index (χ1) is 4.63. The average Bonchev–Trinajstić information content (AvgIpc) is 1.90. The van der Waals surface area contributed by atoms with Crippen LogP contribution in [0.5, 0.6) is 0 Å². The van der Waals surface area contributed by atoms with Crippen LogP contribution < -0.4 is 10.9 Å². The Kier molecular flexibility index (Phi) is 8.49. The standard InChI is InChI=1S/C5H3O2.C3H7.U/c1-3-2-4(6)5(3)7;1-3-2;/h1H3;3H,1-2H3;/q2*-1;+2. The first-order valence-electron chi connectivity index (χ1n) is 3.06. The topological polar surface area (TPSA) is 34.1 Å². The van der Waals surface area contributed by atoms with Crippen molar-refractivity contribution in [3.63, 3.8) is 0 Å². The Morgan fingerprint density at radius 2 is 1.64 bits per heavy atom. The summed E-state index contributed by atoms with van der Waals surface area (Å²) in [5, 5.41) is 0. The van der Waals surface area contributed by atoms with Crippen LogP contribution in [0.25, 0.3) is 0 Å². The van der Waals surface area contributed by atoms with E-state index in [4.69, 9.17) is 0 Å². The van der Waals surface area contributed by atoms with Crippen molar-refractivity contribution in [1.82, 2.24) is 0 Å². The second-order valence-corrected chi connectivity index (χ2v) is 1.99. The first-order valence-corrected chi connectivity index (χ1v) is 3.06. The largest absolute Gasteiger partial charge is 2.00 e. The molecule has 3 heteroatoms. The van der Waals surface area contributed by atoms with Gasteiger partial charge in [0, 0.05) is 0 Å². The fraction of sp³-hybridized carbons (Fsp3) is 0.375. The zero-order valence-electron chi connectivity index (χ0n) is 6.89. The predicted octanol–water partition coefficient (Wildman–Crippen LogP) is 0.622. The molecule has 58 valence electrons. The number of hydrogen-bond donors (Lipinski definition) is 0. The summed E-state index contributed by atoms with van der Waals surface area (Å²) in [4.78, 5) is 20.1. The number of rotatable bonds is 0. The van der Waals surface area contributed by atoms with Crippen molar-refractivity contribution >= 4 is 0 Å². The third-order valence-corrected chi connectivity index (χ3v) is 0.848. The third kappa shape index (κ3) is 4.55. The summed E-state index contributed by atoms with van der Waals surface area (Å²) in [5.41, 5.74) is -0.428. The second-order valence-electron chi connectivity index (χ2n) is 1.99. The number of hydrogen-bond acceptors (Lipinski definition) is 2. The second kappa shape index (κ2) is 6.82. The molecule has 0 radical (unpaired) electrons. The summed E-state index contributed by atoms with van der Waals surface area (Å²) in [6.07, 6.45) is 2.00. The van der Waals surface area contributed by atoms with Gasteiger partial charge in [-0.05, 0) is 0 Å². The van der Waals surface area contributed by atoms with Gasteiger partial charge in [-0.2, -0.15) is 13.8 Å².